The molecular weight excluding hydrogens is 350 g/mol. The molecule has 1 fully saturated rings. The van der Waals surface area contributed by atoms with E-state index in [1.165, 1.54) is 0 Å². The zero-order chi connectivity index (χ0) is 16.7. The molecule has 1 amide bonds. The van der Waals surface area contributed by atoms with Gasteiger partial charge in [0.15, 0.2) is 0 Å². The van der Waals surface area contributed by atoms with Crippen molar-refractivity contribution in [3.8, 4) is 0 Å². The summed E-state index contributed by atoms with van der Waals surface area (Å²) in [6.07, 6.45) is -5.04. The Hall–Kier alpha value is -1.35. The van der Waals surface area contributed by atoms with Crippen molar-refractivity contribution in [2.45, 2.75) is 12.6 Å². The molecule has 0 aliphatic carbocycles. The number of alkyl halides is 3. The first-order valence-electron chi connectivity index (χ1n) is 6.07. The highest BCUT2D eigenvalue weighted by Gasteiger charge is 2.37. The lowest BCUT2D eigenvalue weighted by molar-refractivity contribution is -0.140. The van der Waals surface area contributed by atoms with Crippen molar-refractivity contribution in [1.82, 2.24) is 0 Å². The second-order valence-corrected chi connectivity index (χ2v) is 7.76. The summed E-state index contributed by atoms with van der Waals surface area (Å²) in [7, 11) is 1.28. The van der Waals surface area contributed by atoms with Crippen LogP contribution < -0.4 is 4.90 Å². The molecule has 22 heavy (non-hydrogen) atoms. The molecule has 1 aromatic carbocycles. The van der Waals surface area contributed by atoms with Gasteiger partial charge in [-0.05, 0) is 18.2 Å². The van der Waals surface area contributed by atoms with E-state index < -0.39 is 44.2 Å². The third-order valence-corrected chi connectivity index (χ3v) is 4.45. The van der Waals surface area contributed by atoms with Crippen LogP contribution >= 0.6 is 10.7 Å². The zero-order valence-corrected chi connectivity index (χ0v) is 12.5. The number of anilines is 1. The summed E-state index contributed by atoms with van der Waals surface area (Å²) >= 11 is 0. The van der Waals surface area contributed by atoms with Gasteiger partial charge in [0.2, 0.25) is 15.0 Å². The van der Waals surface area contributed by atoms with Crippen LogP contribution in [0.25, 0.3) is 0 Å². The molecule has 0 bridgehead atoms. The van der Waals surface area contributed by atoms with Crippen LogP contribution in [0.2, 0.25) is 0 Å². The summed E-state index contributed by atoms with van der Waals surface area (Å²) in [5.74, 6) is -3.05. The quantitative estimate of drug-likeness (QED) is 0.616. The average molecular weight is 360 g/mol. The molecule has 0 radical (unpaired) electrons. The summed E-state index contributed by atoms with van der Waals surface area (Å²) in [6, 6.07) is 2.20. The highest BCUT2D eigenvalue weighted by molar-refractivity contribution is 8.13. The third-order valence-electron chi connectivity index (χ3n) is 3.21. The first-order valence-corrected chi connectivity index (χ1v) is 8.54. The van der Waals surface area contributed by atoms with Gasteiger partial charge in [-0.25, -0.2) is 12.8 Å². The minimum atomic E-state index is -4.89. The predicted octanol–water partition coefficient (Wildman–Crippen LogP) is 2.77. The number of hydrogen-bond acceptors (Lipinski definition) is 3. The minimum absolute atomic E-state index is 0.0896. The maximum Gasteiger partial charge on any atom is 0.419 e. The Bertz CT molecular complexity index is 705. The molecule has 1 atom stereocenters. The van der Waals surface area contributed by atoms with Gasteiger partial charge in [0, 0.05) is 35.3 Å². The molecule has 0 aromatic heterocycles. The molecule has 1 aliphatic heterocycles. The molecule has 1 aliphatic rings. The number of carbonyl (C=O) groups is 1. The van der Waals surface area contributed by atoms with Gasteiger partial charge in [0.05, 0.1) is 11.3 Å². The lowest BCUT2D eigenvalue weighted by Gasteiger charge is -2.18. The van der Waals surface area contributed by atoms with Crippen LogP contribution in [0.3, 0.4) is 0 Å². The first-order chi connectivity index (χ1) is 9.97. The van der Waals surface area contributed by atoms with Gasteiger partial charge >= 0.3 is 6.18 Å². The molecule has 1 aromatic rings. The first kappa shape index (κ1) is 17.0. The summed E-state index contributed by atoms with van der Waals surface area (Å²) in [6.45, 7) is -0.0896. The summed E-state index contributed by atoms with van der Waals surface area (Å²) < 4.78 is 73.3. The molecule has 0 spiro atoms. The van der Waals surface area contributed by atoms with Crippen molar-refractivity contribution in [2.75, 3.05) is 17.2 Å². The van der Waals surface area contributed by atoms with Crippen LogP contribution in [-0.2, 0) is 20.0 Å². The van der Waals surface area contributed by atoms with E-state index in [1.54, 1.807) is 0 Å². The third kappa shape index (κ3) is 3.89. The lowest BCUT2D eigenvalue weighted by atomic mass is 10.1. The number of hydrogen-bond donors (Lipinski definition) is 0. The SMILES string of the molecule is O=C1CC(CS(=O)(=O)Cl)CN1c1ccc(F)c(C(F)(F)F)c1. The summed E-state index contributed by atoms with van der Waals surface area (Å²) in [5, 5.41) is 0. The maximum absolute atomic E-state index is 13.2. The Morgan fingerprint density at radius 3 is 2.50 bits per heavy atom. The Morgan fingerprint density at radius 2 is 1.95 bits per heavy atom. The van der Waals surface area contributed by atoms with Gasteiger partial charge in [0.1, 0.15) is 5.82 Å². The van der Waals surface area contributed by atoms with Crippen molar-refractivity contribution in [2.24, 2.45) is 5.92 Å². The van der Waals surface area contributed by atoms with Gasteiger partial charge in [-0.15, -0.1) is 0 Å². The van der Waals surface area contributed by atoms with Crippen LogP contribution in [0.1, 0.15) is 12.0 Å². The van der Waals surface area contributed by atoms with E-state index in [1.807, 2.05) is 0 Å². The van der Waals surface area contributed by atoms with Crippen LogP contribution in [0.4, 0.5) is 23.2 Å². The van der Waals surface area contributed by atoms with E-state index in [0.717, 1.165) is 11.0 Å². The maximum atomic E-state index is 13.2. The van der Waals surface area contributed by atoms with Gasteiger partial charge < -0.3 is 4.90 Å². The minimum Gasteiger partial charge on any atom is -0.312 e. The van der Waals surface area contributed by atoms with Crippen molar-refractivity contribution < 1.29 is 30.8 Å². The number of rotatable bonds is 3. The molecule has 1 unspecified atom stereocenters. The Kier molecular flexibility index (Phi) is 4.40. The zero-order valence-electron chi connectivity index (χ0n) is 10.9. The van der Waals surface area contributed by atoms with Crippen molar-refractivity contribution in [3.63, 3.8) is 0 Å². The molecular formula is C12H10ClF4NO3S. The van der Waals surface area contributed by atoms with E-state index in [-0.39, 0.29) is 18.7 Å². The normalized spacial score (nSPS) is 19.8. The fraction of sp³-hybridized carbons (Fsp3) is 0.417. The molecule has 2 rings (SSSR count). The second kappa shape index (κ2) is 5.69. The number of amides is 1. The predicted molar refractivity (Wildman–Crippen MR) is 71.5 cm³/mol. The Balaban J connectivity index is 2.28. The fourth-order valence-corrected chi connectivity index (χ4v) is 3.64. The second-order valence-electron chi connectivity index (χ2n) is 4.94. The van der Waals surface area contributed by atoms with Crippen LogP contribution in [-0.4, -0.2) is 26.6 Å². The smallest absolute Gasteiger partial charge is 0.312 e. The monoisotopic (exact) mass is 359 g/mol. The van der Waals surface area contributed by atoms with Crippen LogP contribution in [0.5, 0.6) is 0 Å². The van der Waals surface area contributed by atoms with Crippen LogP contribution in [0.15, 0.2) is 18.2 Å². The van der Waals surface area contributed by atoms with Gasteiger partial charge in [-0.2, -0.15) is 13.2 Å². The van der Waals surface area contributed by atoms with Crippen molar-refractivity contribution in [3.05, 3.63) is 29.6 Å². The van der Waals surface area contributed by atoms with Gasteiger partial charge in [-0.1, -0.05) is 0 Å². The largest absolute Gasteiger partial charge is 0.419 e. The molecule has 4 nitrogen and oxygen atoms in total. The fourth-order valence-electron chi connectivity index (χ4n) is 2.32. The molecule has 1 heterocycles. The van der Waals surface area contributed by atoms with Gasteiger partial charge in [-0.3, -0.25) is 4.79 Å². The lowest BCUT2D eigenvalue weighted by Crippen LogP contribution is -2.26. The van der Waals surface area contributed by atoms with E-state index in [0.29, 0.717) is 12.1 Å². The molecule has 10 heteroatoms. The van der Waals surface area contributed by atoms with Crippen molar-refractivity contribution >= 4 is 31.3 Å². The highest BCUT2D eigenvalue weighted by atomic mass is 35.7. The Labute approximate surface area is 128 Å². The summed E-state index contributed by atoms with van der Waals surface area (Å²) in [5.41, 5.74) is -1.61. The number of nitrogens with zero attached hydrogens (tertiary/aromatic N) is 1. The Morgan fingerprint density at radius 1 is 1.32 bits per heavy atom. The van der Waals surface area contributed by atoms with E-state index in [9.17, 15) is 30.8 Å². The number of halogens is 5. The molecule has 0 saturated carbocycles. The molecule has 122 valence electrons. The highest BCUT2D eigenvalue weighted by Crippen LogP contribution is 2.35. The van der Waals surface area contributed by atoms with E-state index in [2.05, 4.69) is 0 Å². The van der Waals surface area contributed by atoms with E-state index in [4.69, 9.17) is 10.7 Å². The number of carbonyl (C=O) groups excluding carboxylic acids is 1. The molecule has 0 N–H and O–H groups in total. The standard InChI is InChI=1S/C12H10ClF4NO3S/c13-22(20,21)6-7-3-11(19)18(5-7)8-1-2-10(14)9(4-8)12(15,16)17/h1-2,4,7H,3,5-6H2. The topological polar surface area (TPSA) is 54.5 Å². The van der Waals surface area contributed by atoms with E-state index >= 15 is 0 Å². The average Bonchev–Trinajstić information content (AvgIpc) is 2.66. The molecule has 1 saturated heterocycles. The van der Waals surface area contributed by atoms with Crippen molar-refractivity contribution in [1.29, 1.82) is 0 Å². The van der Waals surface area contributed by atoms with Crippen LogP contribution in [0, 0.1) is 11.7 Å². The summed E-state index contributed by atoms with van der Waals surface area (Å²) in [4.78, 5) is 12.8. The number of benzene rings is 1. The van der Waals surface area contributed by atoms with Gasteiger partial charge in [0.25, 0.3) is 0 Å².